The maximum atomic E-state index is 12.5. The molecule has 0 spiro atoms. The van der Waals surface area contributed by atoms with Crippen molar-refractivity contribution in [3.63, 3.8) is 0 Å². The fourth-order valence-corrected chi connectivity index (χ4v) is 2.16. The van der Waals surface area contributed by atoms with Gasteiger partial charge in [-0.25, -0.2) is 4.98 Å². The summed E-state index contributed by atoms with van der Waals surface area (Å²) in [6.45, 7) is 0. The highest BCUT2D eigenvalue weighted by Crippen LogP contribution is 2.31. The molecule has 8 heteroatoms. The van der Waals surface area contributed by atoms with E-state index in [0.29, 0.717) is 28.0 Å². The molecule has 4 N–H and O–H groups in total. The van der Waals surface area contributed by atoms with Gasteiger partial charge in [-0.2, -0.15) is 8.78 Å². The second-order valence-electron chi connectivity index (χ2n) is 3.91. The van der Waals surface area contributed by atoms with Crippen LogP contribution in [0.2, 0.25) is 0 Å². The molecule has 0 saturated heterocycles. The number of nitrogens with two attached hydrogens (primary N) is 1. The molecule has 21 heavy (non-hydrogen) atoms. The summed E-state index contributed by atoms with van der Waals surface area (Å²) in [5.74, 6) is 2.16. The molecule has 1 heterocycles. The van der Waals surface area contributed by atoms with Crippen molar-refractivity contribution in [2.24, 2.45) is 5.84 Å². The van der Waals surface area contributed by atoms with Crippen LogP contribution in [0.4, 0.5) is 20.2 Å². The number of alkyl halides is 2. The zero-order valence-corrected chi connectivity index (χ0v) is 11.5. The van der Waals surface area contributed by atoms with Crippen molar-refractivity contribution in [3.05, 3.63) is 48.3 Å². The number of hydrogen-bond acceptors (Lipinski definition) is 5. The van der Waals surface area contributed by atoms with Crippen LogP contribution >= 0.6 is 11.8 Å². The Morgan fingerprint density at radius 3 is 2.62 bits per heavy atom. The number of anilines is 2. The standard InChI is InChI=1S/C13H12F2N4OS/c14-13(15)21-11-4-2-1-3-9(11)18-12(20)10-6-5-8(19-16)7-17-10/h1-7,13,19H,16H2,(H,18,20). The molecule has 110 valence electrons. The SMILES string of the molecule is NNc1ccc(C(=O)Nc2ccccc2SC(F)F)nc1. The molecule has 0 aliphatic carbocycles. The highest BCUT2D eigenvalue weighted by molar-refractivity contribution is 7.99. The number of amides is 1. The van der Waals surface area contributed by atoms with E-state index in [-0.39, 0.29) is 5.69 Å². The quantitative estimate of drug-likeness (QED) is 0.449. The fraction of sp³-hybridized carbons (Fsp3) is 0.0769. The van der Waals surface area contributed by atoms with Gasteiger partial charge in [-0.05, 0) is 24.3 Å². The van der Waals surface area contributed by atoms with Gasteiger partial charge >= 0.3 is 0 Å². The summed E-state index contributed by atoms with van der Waals surface area (Å²) in [7, 11) is 0. The smallest absolute Gasteiger partial charge is 0.288 e. The van der Waals surface area contributed by atoms with E-state index in [1.54, 1.807) is 24.3 Å². The molecule has 2 rings (SSSR count). The second-order valence-corrected chi connectivity index (χ2v) is 4.94. The van der Waals surface area contributed by atoms with Crippen LogP contribution in [-0.4, -0.2) is 16.6 Å². The number of pyridine rings is 1. The molecular formula is C13H12F2N4OS. The average molecular weight is 310 g/mol. The lowest BCUT2D eigenvalue weighted by Gasteiger charge is -2.10. The maximum Gasteiger partial charge on any atom is 0.288 e. The molecule has 0 bridgehead atoms. The van der Waals surface area contributed by atoms with Crippen LogP contribution in [0, 0.1) is 0 Å². The summed E-state index contributed by atoms with van der Waals surface area (Å²) in [5.41, 5.74) is 3.42. The van der Waals surface area contributed by atoms with Crippen molar-refractivity contribution >= 4 is 29.0 Å². The van der Waals surface area contributed by atoms with Crippen LogP contribution in [0.25, 0.3) is 0 Å². The van der Waals surface area contributed by atoms with E-state index in [4.69, 9.17) is 5.84 Å². The van der Waals surface area contributed by atoms with Gasteiger partial charge in [0, 0.05) is 4.90 Å². The van der Waals surface area contributed by atoms with Gasteiger partial charge in [0.1, 0.15) is 5.69 Å². The van der Waals surface area contributed by atoms with Crippen molar-refractivity contribution in [3.8, 4) is 0 Å². The van der Waals surface area contributed by atoms with Gasteiger partial charge in [-0.15, -0.1) is 0 Å². The Labute approximate surface area is 123 Å². The summed E-state index contributed by atoms with van der Waals surface area (Å²) in [4.78, 5) is 16.2. The molecule has 5 nitrogen and oxygen atoms in total. The molecule has 0 aliphatic heterocycles. The largest absolute Gasteiger partial charge is 0.323 e. The predicted octanol–water partition coefficient (Wildman–Crippen LogP) is 2.93. The topological polar surface area (TPSA) is 80.0 Å². The number of para-hydroxylation sites is 1. The zero-order valence-electron chi connectivity index (χ0n) is 10.7. The summed E-state index contributed by atoms with van der Waals surface area (Å²) in [6, 6.07) is 9.41. The molecule has 0 radical (unpaired) electrons. The molecule has 0 aliphatic rings. The predicted molar refractivity (Wildman–Crippen MR) is 78.3 cm³/mol. The van der Waals surface area contributed by atoms with E-state index in [9.17, 15) is 13.6 Å². The molecular weight excluding hydrogens is 298 g/mol. The van der Waals surface area contributed by atoms with Crippen LogP contribution in [0.5, 0.6) is 0 Å². The number of hydrazine groups is 1. The Hall–Kier alpha value is -2.19. The van der Waals surface area contributed by atoms with Crippen LogP contribution in [0.15, 0.2) is 47.5 Å². The lowest BCUT2D eigenvalue weighted by Crippen LogP contribution is -2.15. The monoisotopic (exact) mass is 310 g/mol. The van der Waals surface area contributed by atoms with Gasteiger partial charge in [-0.1, -0.05) is 23.9 Å². The van der Waals surface area contributed by atoms with E-state index >= 15 is 0 Å². The lowest BCUT2D eigenvalue weighted by molar-refractivity contribution is 0.102. The third kappa shape index (κ3) is 4.14. The summed E-state index contributed by atoms with van der Waals surface area (Å²) in [5, 5.41) is 2.56. The first-order valence-electron chi connectivity index (χ1n) is 5.88. The first-order chi connectivity index (χ1) is 10.1. The molecule has 2 aromatic rings. The normalized spacial score (nSPS) is 10.5. The summed E-state index contributed by atoms with van der Waals surface area (Å²) in [6.07, 6.45) is 1.40. The minimum atomic E-state index is -2.56. The van der Waals surface area contributed by atoms with Gasteiger partial charge in [0.15, 0.2) is 0 Å². The highest BCUT2D eigenvalue weighted by Gasteiger charge is 2.13. The van der Waals surface area contributed by atoms with Crippen LogP contribution in [-0.2, 0) is 0 Å². The number of thioether (sulfide) groups is 1. The van der Waals surface area contributed by atoms with Crippen LogP contribution in [0.1, 0.15) is 10.5 Å². The second kappa shape index (κ2) is 7.00. The van der Waals surface area contributed by atoms with Gasteiger partial charge < -0.3 is 10.7 Å². The first kappa shape index (κ1) is 15.2. The minimum absolute atomic E-state index is 0.158. The minimum Gasteiger partial charge on any atom is -0.323 e. The van der Waals surface area contributed by atoms with E-state index in [1.807, 2.05) is 0 Å². The van der Waals surface area contributed by atoms with Crippen molar-refractivity contribution in [1.82, 2.24) is 4.98 Å². The number of aromatic nitrogens is 1. The summed E-state index contributed by atoms with van der Waals surface area (Å²) >= 11 is 0.373. The van der Waals surface area contributed by atoms with Crippen molar-refractivity contribution in [2.45, 2.75) is 10.7 Å². The third-order valence-corrected chi connectivity index (χ3v) is 3.30. The number of carbonyl (C=O) groups is 1. The number of rotatable bonds is 5. The van der Waals surface area contributed by atoms with Crippen molar-refractivity contribution < 1.29 is 13.6 Å². The number of nitrogen functional groups attached to an aromatic ring is 1. The van der Waals surface area contributed by atoms with Crippen molar-refractivity contribution in [2.75, 3.05) is 10.7 Å². The highest BCUT2D eigenvalue weighted by atomic mass is 32.2. The maximum absolute atomic E-state index is 12.5. The number of hydrogen-bond donors (Lipinski definition) is 3. The molecule has 1 amide bonds. The van der Waals surface area contributed by atoms with E-state index in [1.165, 1.54) is 18.3 Å². The average Bonchev–Trinajstić information content (AvgIpc) is 2.49. The number of carbonyl (C=O) groups excluding carboxylic acids is 1. The number of halogens is 2. The van der Waals surface area contributed by atoms with Gasteiger partial charge in [0.2, 0.25) is 0 Å². The molecule has 0 fully saturated rings. The Balaban J connectivity index is 2.15. The lowest BCUT2D eigenvalue weighted by atomic mass is 10.3. The Morgan fingerprint density at radius 2 is 2.00 bits per heavy atom. The van der Waals surface area contributed by atoms with Gasteiger partial charge in [0.25, 0.3) is 11.7 Å². The summed E-state index contributed by atoms with van der Waals surface area (Å²) < 4.78 is 24.9. The number of nitrogens with zero attached hydrogens (tertiary/aromatic N) is 1. The number of benzene rings is 1. The first-order valence-corrected chi connectivity index (χ1v) is 6.76. The Morgan fingerprint density at radius 1 is 1.24 bits per heavy atom. The van der Waals surface area contributed by atoms with E-state index < -0.39 is 11.7 Å². The Bertz CT molecular complexity index is 622. The van der Waals surface area contributed by atoms with Crippen LogP contribution < -0.4 is 16.6 Å². The fourth-order valence-electron chi connectivity index (χ4n) is 1.57. The molecule has 1 aromatic carbocycles. The van der Waals surface area contributed by atoms with Gasteiger partial charge in [-0.3, -0.25) is 10.6 Å². The molecule has 0 unspecified atom stereocenters. The van der Waals surface area contributed by atoms with Crippen molar-refractivity contribution in [1.29, 1.82) is 0 Å². The Kier molecular flexibility index (Phi) is 5.07. The molecule has 0 atom stereocenters. The van der Waals surface area contributed by atoms with Gasteiger partial charge in [0.05, 0.1) is 17.6 Å². The van der Waals surface area contributed by atoms with E-state index in [0.717, 1.165) is 0 Å². The molecule has 0 saturated carbocycles. The third-order valence-electron chi connectivity index (χ3n) is 2.51. The zero-order chi connectivity index (χ0) is 15.2. The van der Waals surface area contributed by atoms with Crippen LogP contribution in [0.3, 0.4) is 0 Å². The number of nitrogens with one attached hydrogen (secondary N) is 2. The molecule has 1 aromatic heterocycles. The van der Waals surface area contributed by atoms with E-state index in [2.05, 4.69) is 15.7 Å².